The molecule has 0 aromatic heterocycles. The molecule has 20 heavy (non-hydrogen) atoms. The van der Waals surface area contributed by atoms with Gasteiger partial charge in [0.05, 0.1) is 0 Å². The average Bonchev–Trinajstić information content (AvgIpc) is 2.83. The van der Waals surface area contributed by atoms with Gasteiger partial charge in [-0.25, -0.2) is 0 Å². The van der Waals surface area contributed by atoms with E-state index in [1.807, 2.05) is 0 Å². The van der Waals surface area contributed by atoms with E-state index >= 15 is 0 Å². The summed E-state index contributed by atoms with van der Waals surface area (Å²) in [6.07, 6.45) is 5.51. The van der Waals surface area contributed by atoms with Crippen LogP contribution in [0, 0.1) is 11.8 Å². The Morgan fingerprint density at radius 1 is 1.05 bits per heavy atom. The molecule has 0 radical (unpaired) electrons. The van der Waals surface area contributed by atoms with Crippen molar-refractivity contribution in [2.45, 2.75) is 58.8 Å². The summed E-state index contributed by atoms with van der Waals surface area (Å²) < 4.78 is 0. The van der Waals surface area contributed by atoms with E-state index in [2.05, 4.69) is 57.3 Å². The minimum Gasteiger partial charge on any atom is -0.317 e. The van der Waals surface area contributed by atoms with E-state index in [4.69, 9.17) is 0 Å². The molecule has 1 aliphatic rings. The maximum absolute atomic E-state index is 3.53. The molecule has 0 spiro atoms. The van der Waals surface area contributed by atoms with Crippen molar-refractivity contribution in [1.82, 2.24) is 5.32 Å². The van der Waals surface area contributed by atoms with Gasteiger partial charge in [0.2, 0.25) is 0 Å². The van der Waals surface area contributed by atoms with Gasteiger partial charge in [0.25, 0.3) is 0 Å². The summed E-state index contributed by atoms with van der Waals surface area (Å²) in [5.74, 6) is 1.77. The lowest BCUT2D eigenvalue weighted by Crippen LogP contribution is -2.26. The highest BCUT2D eigenvalue weighted by molar-refractivity contribution is 5.27. The molecule has 2 atom stereocenters. The number of hydrogen-bond donors (Lipinski definition) is 1. The fraction of sp³-hybridized carbons (Fsp3) is 0.684. The van der Waals surface area contributed by atoms with Crippen molar-refractivity contribution in [1.29, 1.82) is 0 Å². The van der Waals surface area contributed by atoms with Crippen LogP contribution in [-0.2, 0) is 11.8 Å². The number of benzene rings is 1. The molecule has 1 saturated carbocycles. The molecule has 0 heterocycles. The molecular formula is C19H31N. The molecule has 1 fully saturated rings. The summed E-state index contributed by atoms with van der Waals surface area (Å²) in [6, 6.07) is 9.35. The lowest BCUT2D eigenvalue weighted by Gasteiger charge is -2.22. The molecule has 0 bridgehead atoms. The van der Waals surface area contributed by atoms with Crippen molar-refractivity contribution in [2.75, 3.05) is 13.1 Å². The zero-order valence-electron chi connectivity index (χ0n) is 13.7. The van der Waals surface area contributed by atoms with Crippen molar-refractivity contribution >= 4 is 0 Å². The lowest BCUT2D eigenvalue weighted by atomic mass is 9.85. The van der Waals surface area contributed by atoms with E-state index in [9.17, 15) is 0 Å². The second-order valence-corrected chi connectivity index (χ2v) is 7.41. The number of hydrogen-bond acceptors (Lipinski definition) is 1. The Balaban J connectivity index is 1.95. The Morgan fingerprint density at radius 2 is 1.70 bits per heavy atom. The summed E-state index contributed by atoms with van der Waals surface area (Å²) in [4.78, 5) is 0. The van der Waals surface area contributed by atoms with Crippen LogP contribution in [0.2, 0.25) is 0 Å². The maximum atomic E-state index is 3.53. The van der Waals surface area contributed by atoms with Crippen molar-refractivity contribution < 1.29 is 0 Å². The van der Waals surface area contributed by atoms with E-state index in [1.165, 1.54) is 43.4 Å². The normalized spacial score (nSPS) is 23.2. The maximum Gasteiger partial charge on any atom is -0.00179 e. The summed E-state index contributed by atoms with van der Waals surface area (Å²) in [5.41, 5.74) is 3.22. The van der Waals surface area contributed by atoms with Gasteiger partial charge < -0.3 is 5.32 Å². The highest BCUT2D eigenvalue weighted by Gasteiger charge is 2.26. The van der Waals surface area contributed by atoms with Gasteiger partial charge in [-0.3, -0.25) is 0 Å². The van der Waals surface area contributed by atoms with E-state index in [0.717, 1.165) is 18.4 Å². The Kier molecular flexibility index (Phi) is 5.26. The number of rotatable bonds is 5. The fourth-order valence-electron chi connectivity index (χ4n) is 3.42. The molecule has 1 aromatic carbocycles. The van der Waals surface area contributed by atoms with Crippen LogP contribution in [0.25, 0.3) is 0 Å². The van der Waals surface area contributed by atoms with Crippen LogP contribution in [0.1, 0.15) is 58.1 Å². The van der Waals surface area contributed by atoms with Crippen molar-refractivity contribution in [3.05, 3.63) is 35.4 Å². The molecule has 1 heteroatoms. The van der Waals surface area contributed by atoms with Gasteiger partial charge in [0.15, 0.2) is 0 Å². The summed E-state index contributed by atoms with van der Waals surface area (Å²) in [5, 5.41) is 3.53. The van der Waals surface area contributed by atoms with E-state index < -0.39 is 0 Å². The second-order valence-electron chi connectivity index (χ2n) is 7.41. The predicted octanol–water partition coefficient (Wildman–Crippen LogP) is 4.55. The van der Waals surface area contributed by atoms with Crippen LogP contribution >= 0.6 is 0 Å². The molecule has 1 aromatic rings. The van der Waals surface area contributed by atoms with Crippen molar-refractivity contribution in [3.63, 3.8) is 0 Å². The monoisotopic (exact) mass is 273 g/mol. The molecule has 1 aliphatic carbocycles. The Hall–Kier alpha value is -0.820. The smallest absolute Gasteiger partial charge is 0.00179 e. The molecule has 0 aliphatic heterocycles. The first kappa shape index (κ1) is 15.6. The van der Waals surface area contributed by atoms with Gasteiger partial charge in [-0.15, -0.1) is 0 Å². The van der Waals surface area contributed by atoms with Gasteiger partial charge in [-0.1, -0.05) is 58.4 Å². The summed E-state index contributed by atoms with van der Waals surface area (Å²) in [7, 11) is 0. The van der Waals surface area contributed by atoms with Crippen LogP contribution in [0.5, 0.6) is 0 Å². The molecule has 2 unspecified atom stereocenters. The molecule has 112 valence electrons. The van der Waals surface area contributed by atoms with E-state index in [1.54, 1.807) is 0 Å². The van der Waals surface area contributed by atoms with Crippen LogP contribution in [0.3, 0.4) is 0 Å². The summed E-state index contributed by atoms with van der Waals surface area (Å²) >= 11 is 0. The fourth-order valence-corrected chi connectivity index (χ4v) is 3.42. The third-order valence-electron chi connectivity index (χ3n) is 4.79. The Labute approximate surface area is 125 Å². The first-order valence-corrected chi connectivity index (χ1v) is 8.31. The van der Waals surface area contributed by atoms with Crippen molar-refractivity contribution in [2.24, 2.45) is 11.8 Å². The highest BCUT2D eigenvalue weighted by Crippen LogP contribution is 2.34. The third-order valence-corrected chi connectivity index (χ3v) is 4.79. The van der Waals surface area contributed by atoms with E-state index in [-0.39, 0.29) is 5.41 Å². The van der Waals surface area contributed by atoms with Crippen molar-refractivity contribution in [3.8, 4) is 0 Å². The Morgan fingerprint density at radius 3 is 2.30 bits per heavy atom. The van der Waals surface area contributed by atoms with Crippen LogP contribution in [0.15, 0.2) is 24.3 Å². The van der Waals surface area contributed by atoms with E-state index in [0.29, 0.717) is 0 Å². The van der Waals surface area contributed by atoms with Crippen LogP contribution in [0.4, 0.5) is 0 Å². The zero-order chi connectivity index (χ0) is 14.6. The molecular weight excluding hydrogens is 242 g/mol. The minimum absolute atomic E-state index is 0.263. The topological polar surface area (TPSA) is 12.0 Å². The first-order chi connectivity index (χ1) is 9.50. The number of nitrogens with one attached hydrogen (secondary N) is 1. The molecule has 1 nitrogen and oxygen atoms in total. The van der Waals surface area contributed by atoms with Gasteiger partial charge in [-0.05, 0) is 60.7 Å². The Bertz CT molecular complexity index is 399. The molecule has 2 rings (SSSR count). The molecule has 0 amide bonds. The highest BCUT2D eigenvalue weighted by atomic mass is 14.8. The standard InChI is InChI=1S/C19H31N/c1-5-20-14-17-8-6-7-16(17)13-15-9-11-18(12-10-15)19(2,3)4/h9-12,16-17,20H,5-8,13-14H2,1-4H3. The van der Waals surface area contributed by atoms with Gasteiger partial charge in [-0.2, -0.15) is 0 Å². The third kappa shape index (κ3) is 4.09. The van der Waals surface area contributed by atoms with Crippen LogP contribution in [-0.4, -0.2) is 13.1 Å². The molecule has 0 saturated heterocycles. The van der Waals surface area contributed by atoms with Gasteiger partial charge >= 0.3 is 0 Å². The minimum atomic E-state index is 0.263. The predicted molar refractivity (Wildman–Crippen MR) is 88.2 cm³/mol. The van der Waals surface area contributed by atoms with Crippen LogP contribution < -0.4 is 5.32 Å². The lowest BCUT2D eigenvalue weighted by molar-refractivity contribution is 0.368. The quantitative estimate of drug-likeness (QED) is 0.829. The zero-order valence-corrected chi connectivity index (χ0v) is 13.7. The molecule has 1 N–H and O–H groups in total. The average molecular weight is 273 g/mol. The largest absolute Gasteiger partial charge is 0.317 e. The SMILES string of the molecule is CCNCC1CCCC1Cc1ccc(C(C)(C)C)cc1. The van der Waals surface area contributed by atoms with Gasteiger partial charge in [0, 0.05) is 0 Å². The van der Waals surface area contributed by atoms with Gasteiger partial charge in [0.1, 0.15) is 0 Å². The summed E-state index contributed by atoms with van der Waals surface area (Å²) in [6.45, 7) is 11.4. The first-order valence-electron chi connectivity index (χ1n) is 8.31. The second kappa shape index (κ2) is 6.76.